The molecule has 3 amide bonds. The molecule has 0 saturated carbocycles. The van der Waals surface area contributed by atoms with E-state index in [4.69, 9.17) is 5.73 Å². The minimum absolute atomic E-state index is 0.114. The van der Waals surface area contributed by atoms with Crippen molar-refractivity contribution in [3.05, 3.63) is 29.3 Å². The first-order valence-corrected chi connectivity index (χ1v) is 6.44. The molecule has 20 heavy (non-hydrogen) atoms. The molecule has 106 valence electrons. The van der Waals surface area contributed by atoms with Crippen molar-refractivity contribution in [3.8, 4) is 0 Å². The van der Waals surface area contributed by atoms with E-state index in [9.17, 15) is 14.4 Å². The van der Waals surface area contributed by atoms with Gasteiger partial charge in [0, 0.05) is 11.3 Å². The van der Waals surface area contributed by atoms with Gasteiger partial charge in [-0.15, -0.1) is 0 Å². The predicted octanol–water partition coefficient (Wildman–Crippen LogP) is 0.454. The van der Waals surface area contributed by atoms with Gasteiger partial charge in [-0.3, -0.25) is 19.7 Å². The maximum Gasteiger partial charge on any atom is 0.255 e. The van der Waals surface area contributed by atoms with Crippen molar-refractivity contribution in [1.29, 1.82) is 0 Å². The lowest BCUT2D eigenvalue weighted by Gasteiger charge is -2.33. The third-order valence-electron chi connectivity index (χ3n) is 3.40. The summed E-state index contributed by atoms with van der Waals surface area (Å²) < 4.78 is 0. The van der Waals surface area contributed by atoms with Crippen LogP contribution in [0.1, 0.15) is 29.3 Å². The summed E-state index contributed by atoms with van der Waals surface area (Å²) in [7, 11) is 0. The number of nitrogens with two attached hydrogens (primary N) is 1. The zero-order chi connectivity index (χ0) is 14.9. The maximum absolute atomic E-state index is 12.6. The summed E-state index contributed by atoms with van der Waals surface area (Å²) in [5, 5.41) is 2.25. The maximum atomic E-state index is 12.6. The molecule has 0 bridgehead atoms. The number of imide groups is 1. The second kappa shape index (κ2) is 5.32. The highest BCUT2D eigenvalue weighted by atomic mass is 16.2. The highest BCUT2D eigenvalue weighted by Gasteiger charge is 2.36. The van der Waals surface area contributed by atoms with Crippen LogP contribution in [0, 0.1) is 6.92 Å². The van der Waals surface area contributed by atoms with Crippen LogP contribution in [0.3, 0.4) is 0 Å². The summed E-state index contributed by atoms with van der Waals surface area (Å²) in [6.07, 6.45) is 0.451. The third kappa shape index (κ3) is 2.49. The second-order valence-electron chi connectivity index (χ2n) is 4.84. The van der Waals surface area contributed by atoms with E-state index in [0.717, 1.165) is 5.56 Å². The van der Waals surface area contributed by atoms with Crippen molar-refractivity contribution in [2.24, 2.45) is 0 Å². The Balaban J connectivity index is 2.37. The molecule has 1 aromatic rings. The molecule has 1 aliphatic rings. The fourth-order valence-corrected chi connectivity index (χ4v) is 2.31. The molecule has 6 heteroatoms. The Hall–Kier alpha value is -2.37. The van der Waals surface area contributed by atoms with Gasteiger partial charge in [-0.1, -0.05) is 13.0 Å². The zero-order valence-corrected chi connectivity index (χ0v) is 11.5. The molecule has 1 unspecified atom stereocenters. The van der Waals surface area contributed by atoms with E-state index < -0.39 is 17.9 Å². The predicted molar refractivity (Wildman–Crippen MR) is 73.9 cm³/mol. The van der Waals surface area contributed by atoms with Crippen molar-refractivity contribution in [1.82, 2.24) is 10.2 Å². The molecule has 1 aliphatic heterocycles. The Morgan fingerprint density at radius 3 is 2.80 bits per heavy atom. The smallest absolute Gasteiger partial charge is 0.255 e. The minimum atomic E-state index is -0.624. The molecule has 1 aromatic carbocycles. The van der Waals surface area contributed by atoms with E-state index in [-0.39, 0.29) is 12.5 Å². The molecule has 0 radical (unpaired) electrons. The largest absolute Gasteiger partial charge is 0.399 e. The fourth-order valence-electron chi connectivity index (χ4n) is 2.31. The standard InChI is InChI=1S/C14H17N3O3/c1-3-11-13(19)16-12(18)7-17(11)14(20)10-6-9(15)5-4-8(10)2/h4-6,11H,3,7,15H2,1-2H3,(H,16,18,19). The highest BCUT2D eigenvalue weighted by molar-refractivity contribution is 6.07. The molecular formula is C14H17N3O3. The Labute approximate surface area is 116 Å². The summed E-state index contributed by atoms with van der Waals surface area (Å²) in [5.41, 5.74) is 7.36. The Morgan fingerprint density at radius 2 is 2.15 bits per heavy atom. The summed E-state index contributed by atoms with van der Waals surface area (Å²) in [6.45, 7) is 3.48. The van der Waals surface area contributed by atoms with Gasteiger partial charge in [-0.05, 0) is 31.0 Å². The molecule has 3 N–H and O–H groups in total. The first kappa shape index (κ1) is 14.0. The molecule has 0 aromatic heterocycles. The van der Waals surface area contributed by atoms with E-state index in [1.165, 1.54) is 4.90 Å². The van der Waals surface area contributed by atoms with Gasteiger partial charge in [0.05, 0.1) is 0 Å². The number of aryl methyl sites for hydroxylation is 1. The van der Waals surface area contributed by atoms with Crippen LogP contribution in [0.15, 0.2) is 18.2 Å². The minimum Gasteiger partial charge on any atom is -0.399 e. The number of nitrogens with one attached hydrogen (secondary N) is 1. The first-order chi connectivity index (χ1) is 9.43. The Morgan fingerprint density at radius 1 is 1.45 bits per heavy atom. The lowest BCUT2D eigenvalue weighted by molar-refractivity contribution is -0.138. The molecular weight excluding hydrogens is 258 g/mol. The Bertz CT molecular complexity index is 583. The van der Waals surface area contributed by atoms with E-state index in [1.54, 1.807) is 32.0 Å². The number of carbonyl (C=O) groups excluding carboxylic acids is 3. The monoisotopic (exact) mass is 275 g/mol. The average Bonchev–Trinajstić information content (AvgIpc) is 2.40. The van der Waals surface area contributed by atoms with Crippen molar-refractivity contribution in [2.75, 3.05) is 12.3 Å². The van der Waals surface area contributed by atoms with Crippen LogP contribution in [0.4, 0.5) is 5.69 Å². The van der Waals surface area contributed by atoms with Crippen LogP contribution in [0.5, 0.6) is 0 Å². The number of amides is 3. The molecule has 1 saturated heterocycles. The fraction of sp³-hybridized carbons (Fsp3) is 0.357. The van der Waals surface area contributed by atoms with E-state index in [0.29, 0.717) is 17.7 Å². The van der Waals surface area contributed by atoms with Gasteiger partial charge in [-0.2, -0.15) is 0 Å². The van der Waals surface area contributed by atoms with Gasteiger partial charge >= 0.3 is 0 Å². The van der Waals surface area contributed by atoms with Gasteiger partial charge in [0.2, 0.25) is 11.8 Å². The van der Waals surface area contributed by atoms with Gasteiger partial charge in [0.25, 0.3) is 5.91 Å². The number of benzene rings is 1. The number of nitrogens with zero attached hydrogens (tertiary/aromatic N) is 1. The zero-order valence-electron chi connectivity index (χ0n) is 11.5. The van der Waals surface area contributed by atoms with E-state index in [1.807, 2.05) is 0 Å². The average molecular weight is 275 g/mol. The van der Waals surface area contributed by atoms with E-state index in [2.05, 4.69) is 5.32 Å². The van der Waals surface area contributed by atoms with Crippen molar-refractivity contribution in [3.63, 3.8) is 0 Å². The number of anilines is 1. The lowest BCUT2D eigenvalue weighted by Crippen LogP contribution is -2.59. The molecule has 0 aliphatic carbocycles. The molecule has 1 fully saturated rings. The molecule has 6 nitrogen and oxygen atoms in total. The van der Waals surface area contributed by atoms with Crippen molar-refractivity contribution < 1.29 is 14.4 Å². The number of hydrogen-bond acceptors (Lipinski definition) is 4. The summed E-state index contributed by atoms with van der Waals surface area (Å²) in [6, 6.07) is 4.40. The quantitative estimate of drug-likeness (QED) is 0.605. The third-order valence-corrected chi connectivity index (χ3v) is 3.40. The molecule has 0 spiro atoms. The normalized spacial score (nSPS) is 18.9. The second-order valence-corrected chi connectivity index (χ2v) is 4.84. The molecule has 2 rings (SSSR count). The van der Waals surface area contributed by atoms with Crippen LogP contribution >= 0.6 is 0 Å². The van der Waals surface area contributed by atoms with Crippen molar-refractivity contribution >= 4 is 23.4 Å². The summed E-state index contributed by atoms with van der Waals surface area (Å²) in [5.74, 6) is -1.24. The van der Waals surface area contributed by atoms with Crippen LogP contribution < -0.4 is 11.1 Å². The van der Waals surface area contributed by atoms with Gasteiger partial charge in [-0.25, -0.2) is 0 Å². The SMILES string of the molecule is CCC1C(=O)NC(=O)CN1C(=O)c1cc(N)ccc1C. The Kier molecular flexibility index (Phi) is 3.74. The lowest BCUT2D eigenvalue weighted by atomic mass is 10.0. The van der Waals surface area contributed by atoms with Gasteiger partial charge < -0.3 is 10.6 Å². The van der Waals surface area contributed by atoms with Gasteiger partial charge in [0.1, 0.15) is 12.6 Å². The van der Waals surface area contributed by atoms with E-state index >= 15 is 0 Å². The number of hydrogen-bond donors (Lipinski definition) is 2. The number of piperazine rings is 1. The topological polar surface area (TPSA) is 92.5 Å². The van der Waals surface area contributed by atoms with Crippen LogP contribution in [-0.2, 0) is 9.59 Å². The van der Waals surface area contributed by atoms with Crippen LogP contribution in [0.2, 0.25) is 0 Å². The van der Waals surface area contributed by atoms with Crippen LogP contribution in [0.25, 0.3) is 0 Å². The van der Waals surface area contributed by atoms with Crippen molar-refractivity contribution in [2.45, 2.75) is 26.3 Å². The number of carbonyl (C=O) groups is 3. The van der Waals surface area contributed by atoms with Crippen LogP contribution in [-0.4, -0.2) is 35.2 Å². The summed E-state index contributed by atoms with van der Waals surface area (Å²) >= 11 is 0. The highest BCUT2D eigenvalue weighted by Crippen LogP contribution is 2.19. The first-order valence-electron chi connectivity index (χ1n) is 6.44. The number of rotatable bonds is 2. The molecule has 1 heterocycles. The van der Waals surface area contributed by atoms with Gasteiger partial charge in [0.15, 0.2) is 0 Å². The molecule has 1 atom stereocenters. The summed E-state index contributed by atoms with van der Waals surface area (Å²) in [4.78, 5) is 37.1. The number of nitrogen functional groups attached to an aromatic ring is 1.